The van der Waals surface area contributed by atoms with Gasteiger partial charge in [-0.1, -0.05) is 70.8 Å². The number of rotatable bonds is 12. The molecule has 26 heavy (non-hydrogen) atoms. The normalized spacial score (nSPS) is 23.5. The van der Waals surface area contributed by atoms with E-state index in [1.54, 1.807) is 0 Å². The molecule has 0 spiro atoms. The molecular formula is C24H46OSi. The summed E-state index contributed by atoms with van der Waals surface area (Å²) in [6, 6.07) is 0. The SMILES string of the molecule is CCCCC[C@]1(/C=C/CCCCO[Si](C)(C)C(C)(C)C)C[C@@H]1C=C(C)C. The van der Waals surface area contributed by atoms with Crippen LogP contribution in [0.3, 0.4) is 0 Å². The fourth-order valence-corrected chi connectivity index (χ4v) is 4.56. The Balaban J connectivity index is 2.35. The molecule has 0 amide bonds. The van der Waals surface area contributed by atoms with E-state index in [9.17, 15) is 0 Å². The summed E-state index contributed by atoms with van der Waals surface area (Å²) in [5.41, 5.74) is 1.97. The smallest absolute Gasteiger partial charge is 0.191 e. The summed E-state index contributed by atoms with van der Waals surface area (Å²) in [7, 11) is -1.56. The zero-order valence-electron chi connectivity index (χ0n) is 19.1. The zero-order chi connectivity index (χ0) is 19.8. The molecule has 2 atom stereocenters. The first-order chi connectivity index (χ1) is 12.0. The predicted molar refractivity (Wildman–Crippen MR) is 120 cm³/mol. The van der Waals surface area contributed by atoms with Crippen molar-refractivity contribution in [3.05, 3.63) is 23.8 Å². The fourth-order valence-electron chi connectivity index (χ4n) is 3.47. The van der Waals surface area contributed by atoms with Crippen LogP contribution in [0.25, 0.3) is 0 Å². The van der Waals surface area contributed by atoms with Crippen molar-refractivity contribution in [2.24, 2.45) is 11.3 Å². The van der Waals surface area contributed by atoms with Gasteiger partial charge in [0, 0.05) is 6.61 Å². The summed E-state index contributed by atoms with van der Waals surface area (Å²) in [6.07, 6.45) is 18.0. The predicted octanol–water partition coefficient (Wildman–Crippen LogP) is 8.29. The molecule has 1 rings (SSSR count). The van der Waals surface area contributed by atoms with E-state index < -0.39 is 8.32 Å². The van der Waals surface area contributed by atoms with Crippen LogP contribution in [-0.4, -0.2) is 14.9 Å². The van der Waals surface area contributed by atoms with Gasteiger partial charge in [0.2, 0.25) is 0 Å². The van der Waals surface area contributed by atoms with Crippen molar-refractivity contribution in [2.75, 3.05) is 6.61 Å². The quantitative estimate of drug-likeness (QED) is 0.188. The molecule has 0 aromatic carbocycles. The molecule has 1 nitrogen and oxygen atoms in total. The standard InChI is InChI=1S/C24H46OSi/c1-9-10-13-16-24(20-22(24)19-21(2)3)17-14-11-12-15-18-25-26(7,8)23(4,5)6/h14,17,19,22H,9-13,15-16,18,20H2,1-8H3/b17-14+/t22-,24-/m0/s1. The van der Waals surface area contributed by atoms with Gasteiger partial charge in [0.25, 0.3) is 0 Å². The largest absolute Gasteiger partial charge is 0.417 e. The second kappa shape index (κ2) is 10.3. The minimum atomic E-state index is -1.56. The van der Waals surface area contributed by atoms with Gasteiger partial charge in [-0.15, -0.1) is 0 Å². The summed E-state index contributed by atoms with van der Waals surface area (Å²) in [5.74, 6) is 0.794. The van der Waals surface area contributed by atoms with Crippen molar-refractivity contribution in [3.8, 4) is 0 Å². The molecule has 0 unspecified atom stereocenters. The summed E-state index contributed by atoms with van der Waals surface area (Å²) in [6.45, 7) is 19.4. The lowest BCUT2D eigenvalue weighted by Gasteiger charge is -2.36. The first-order valence-electron chi connectivity index (χ1n) is 11.0. The van der Waals surface area contributed by atoms with Crippen molar-refractivity contribution >= 4 is 8.32 Å². The van der Waals surface area contributed by atoms with Crippen LogP contribution < -0.4 is 0 Å². The molecular weight excluding hydrogens is 332 g/mol. The molecule has 1 fully saturated rings. The number of hydrogen-bond acceptors (Lipinski definition) is 1. The van der Waals surface area contributed by atoms with Crippen LogP contribution in [0.15, 0.2) is 23.8 Å². The third-order valence-electron chi connectivity index (χ3n) is 6.44. The molecule has 2 heteroatoms. The molecule has 0 aromatic rings. The maximum absolute atomic E-state index is 6.29. The molecule has 0 aliphatic heterocycles. The minimum Gasteiger partial charge on any atom is -0.417 e. The molecule has 1 aliphatic rings. The van der Waals surface area contributed by atoms with Crippen LogP contribution in [0.5, 0.6) is 0 Å². The van der Waals surface area contributed by atoms with Gasteiger partial charge in [-0.3, -0.25) is 0 Å². The van der Waals surface area contributed by atoms with E-state index in [2.05, 4.69) is 72.9 Å². The Hall–Kier alpha value is -0.343. The van der Waals surface area contributed by atoms with Crippen molar-refractivity contribution in [3.63, 3.8) is 0 Å². The maximum Gasteiger partial charge on any atom is 0.191 e. The number of allylic oxidation sites excluding steroid dienone is 4. The van der Waals surface area contributed by atoms with Crippen LogP contribution in [0, 0.1) is 11.3 Å². The first-order valence-corrected chi connectivity index (χ1v) is 13.9. The van der Waals surface area contributed by atoms with Gasteiger partial charge < -0.3 is 4.43 Å². The van der Waals surface area contributed by atoms with Crippen LogP contribution in [0.4, 0.5) is 0 Å². The number of hydrogen-bond donors (Lipinski definition) is 0. The molecule has 0 aromatic heterocycles. The lowest BCUT2D eigenvalue weighted by Crippen LogP contribution is -2.40. The van der Waals surface area contributed by atoms with E-state index in [-0.39, 0.29) is 0 Å². The van der Waals surface area contributed by atoms with Gasteiger partial charge in [0.1, 0.15) is 0 Å². The Morgan fingerprint density at radius 3 is 2.38 bits per heavy atom. The van der Waals surface area contributed by atoms with Crippen molar-refractivity contribution in [1.29, 1.82) is 0 Å². The van der Waals surface area contributed by atoms with Crippen LogP contribution in [-0.2, 0) is 4.43 Å². The van der Waals surface area contributed by atoms with E-state index in [1.807, 2.05) is 0 Å². The number of unbranched alkanes of at least 4 members (excludes halogenated alkanes) is 4. The first kappa shape index (κ1) is 23.7. The summed E-state index contributed by atoms with van der Waals surface area (Å²) >= 11 is 0. The van der Waals surface area contributed by atoms with Gasteiger partial charge in [-0.2, -0.15) is 0 Å². The van der Waals surface area contributed by atoms with Crippen LogP contribution >= 0.6 is 0 Å². The summed E-state index contributed by atoms with van der Waals surface area (Å²) in [5, 5.41) is 0.323. The highest BCUT2D eigenvalue weighted by atomic mass is 28.4. The Bertz CT molecular complexity index is 465. The van der Waals surface area contributed by atoms with Crippen LogP contribution in [0.2, 0.25) is 18.1 Å². The van der Waals surface area contributed by atoms with E-state index >= 15 is 0 Å². The molecule has 1 saturated carbocycles. The average molecular weight is 379 g/mol. The van der Waals surface area contributed by atoms with E-state index in [4.69, 9.17) is 4.43 Å². The minimum absolute atomic E-state index is 0.323. The highest BCUT2D eigenvalue weighted by Gasteiger charge is 2.49. The van der Waals surface area contributed by atoms with Crippen LogP contribution in [0.1, 0.15) is 92.9 Å². The third kappa shape index (κ3) is 7.72. The molecule has 0 N–H and O–H groups in total. The third-order valence-corrected chi connectivity index (χ3v) is 11.0. The zero-order valence-corrected chi connectivity index (χ0v) is 20.1. The topological polar surface area (TPSA) is 9.23 Å². The Morgan fingerprint density at radius 1 is 1.12 bits per heavy atom. The van der Waals surface area contributed by atoms with Crippen molar-refractivity contribution < 1.29 is 4.43 Å². The monoisotopic (exact) mass is 378 g/mol. The van der Waals surface area contributed by atoms with Gasteiger partial charge >= 0.3 is 0 Å². The summed E-state index contributed by atoms with van der Waals surface area (Å²) in [4.78, 5) is 0. The summed E-state index contributed by atoms with van der Waals surface area (Å²) < 4.78 is 6.29. The molecule has 152 valence electrons. The lowest BCUT2D eigenvalue weighted by molar-refractivity contribution is 0.279. The highest BCUT2D eigenvalue weighted by Crippen LogP contribution is 2.58. The van der Waals surface area contributed by atoms with Crippen molar-refractivity contribution in [1.82, 2.24) is 0 Å². The molecule has 0 heterocycles. The second-order valence-corrected chi connectivity index (χ2v) is 15.1. The van der Waals surface area contributed by atoms with Gasteiger partial charge in [-0.05, 0) is 75.4 Å². The molecule has 0 saturated heterocycles. The average Bonchev–Trinajstić information content (AvgIpc) is 3.17. The highest BCUT2D eigenvalue weighted by molar-refractivity contribution is 6.74. The molecule has 0 radical (unpaired) electrons. The van der Waals surface area contributed by atoms with Gasteiger partial charge in [0.15, 0.2) is 8.32 Å². The maximum atomic E-state index is 6.29. The molecule has 0 bridgehead atoms. The molecule has 1 aliphatic carbocycles. The second-order valence-electron chi connectivity index (χ2n) is 10.3. The Kier molecular flexibility index (Phi) is 9.36. The van der Waals surface area contributed by atoms with E-state index in [0.717, 1.165) is 12.5 Å². The Morgan fingerprint density at radius 2 is 1.81 bits per heavy atom. The van der Waals surface area contributed by atoms with E-state index in [0.29, 0.717) is 10.5 Å². The lowest BCUT2D eigenvalue weighted by atomic mass is 9.93. The van der Waals surface area contributed by atoms with Gasteiger partial charge in [0.05, 0.1) is 0 Å². The Labute approximate surface area is 165 Å². The van der Waals surface area contributed by atoms with Crippen molar-refractivity contribution in [2.45, 2.75) is 111 Å². The fraction of sp³-hybridized carbons (Fsp3) is 0.833. The van der Waals surface area contributed by atoms with Gasteiger partial charge in [-0.25, -0.2) is 0 Å². The van der Waals surface area contributed by atoms with E-state index in [1.165, 1.54) is 56.9 Å².